The average molecular weight is 530 g/mol. The van der Waals surface area contributed by atoms with Crippen LogP contribution in [0, 0.1) is 0 Å². The molecule has 2 N–H and O–H groups in total. The van der Waals surface area contributed by atoms with Crippen molar-refractivity contribution in [1.29, 1.82) is 0 Å². The van der Waals surface area contributed by atoms with E-state index in [2.05, 4.69) is 15.2 Å². The Kier molecular flexibility index (Phi) is 6.37. The number of anilines is 2. The third kappa shape index (κ3) is 4.59. The zero-order chi connectivity index (χ0) is 25.4. The van der Waals surface area contributed by atoms with Gasteiger partial charge in [-0.15, -0.1) is 0 Å². The van der Waals surface area contributed by atoms with Crippen LogP contribution in [0.1, 0.15) is 34.7 Å². The molecule has 0 saturated heterocycles. The molecule has 0 atom stereocenters. The van der Waals surface area contributed by atoms with E-state index in [9.17, 15) is 4.79 Å². The first-order valence-corrected chi connectivity index (χ1v) is 13.1. The summed E-state index contributed by atoms with van der Waals surface area (Å²) in [6.07, 6.45) is 2.95. The van der Waals surface area contributed by atoms with Gasteiger partial charge in [-0.25, -0.2) is 4.52 Å². The molecule has 1 amide bonds. The van der Waals surface area contributed by atoms with Crippen LogP contribution in [0.4, 0.5) is 11.4 Å². The lowest BCUT2D eigenvalue weighted by Gasteiger charge is -2.10. The third-order valence-corrected chi connectivity index (χ3v) is 7.24. The Hall–Kier alpha value is -3.74. The molecule has 0 bridgehead atoms. The van der Waals surface area contributed by atoms with Gasteiger partial charge in [0.25, 0.3) is 5.91 Å². The van der Waals surface area contributed by atoms with Crippen LogP contribution in [-0.2, 0) is 19.5 Å². The van der Waals surface area contributed by atoms with Gasteiger partial charge in [-0.1, -0.05) is 53.5 Å². The van der Waals surface area contributed by atoms with Crippen LogP contribution >= 0.6 is 23.2 Å². The number of benzene rings is 3. The predicted octanol–water partition coefficient (Wildman–Crippen LogP) is 7.31. The summed E-state index contributed by atoms with van der Waals surface area (Å²) in [5, 5.41) is 12.9. The van der Waals surface area contributed by atoms with Crippen molar-refractivity contribution in [2.75, 3.05) is 10.6 Å². The molecule has 6 rings (SSSR count). The van der Waals surface area contributed by atoms with Gasteiger partial charge in [0.15, 0.2) is 5.82 Å². The Morgan fingerprint density at radius 3 is 2.30 bits per heavy atom. The van der Waals surface area contributed by atoms with E-state index in [1.807, 2.05) is 83.4 Å². The lowest BCUT2D eigenvalue weighted by Crippen LogP contribution is -2.16. The van der Waals surface area contributed by atoms with Gasteiger partial charge in [-0.3, -0.25) is 4.79 Å². The van der Waals surface area contributed by atoms with Crippen molar-refractivity contribution in [2.24, 2.45) is 0 Å². The Labute approximate surface area is 224 Å². The van der Waals surface area contributed by atoms with Crippen LogP contribution in [0.3, 0.4) is 0 Å². The summed E-state index contributed by atoms with van der Waals surface area (Å²) in [5.41, 5.74) is 6.23. The van der Waals surface area contributed by atoms with Crippen LogP contribution < -0.4 is 10.6 Å². The SMILES string of the molecule is O=C(Nc1ccccc1)c1c(-c2ccc(Cl)cc2)c2c3n(c(CNc4ccc(Cl)cc4)nn13)CCCC2. The van der Waals surface area contributed by atoms with Crippen LogP contribution in [-0.4, -0.2) is 20.1 Å². The zero-order valence-electron chi connectivity index (χ0n) is 20.0. The molecule has 186 valence electrons. The molecule has 5 aromatic rings. The van der Waals surface area contributed by atoms with Gasteiger partial charge in [0.05, 0.1) is 6.54 Å². The number of carbonyl (C=O) groups is 1. The number of aromatic nitrogens is 3. The van der Waals surface area contributed by atoms with E-state index in [0.29, 0.717) is 22.3 Å². The smallest absolute Gasteiger partial charge is 0.275 e. The average Bonchev–Trinajstić information content (AvgIpc) is 3.31. The molecule has 8 heteroatoms. The molecule has 0 saturated carbocycles. The normalized spacial score (nSPS) is 12.9. The Balaban J connectivity index is 1.49. The summed E-state index contributed by atoms with van der Waals surface area (Å²) in [6, 6.07) is 24.8. The number of para-hydroxylation sites is 1. The van der Waals surface area contributed by atoms with Gasteiger partial charge < -0.3 is 15.2 Å². The summed E-state index contributed by atoms with van der Waals surface area (Å²) in [7, 11) is 0. The summed E-state index contributed by atoms with van der Waals surface area (Å²) in [6.45, 7) is 1.37. The molecule has 0 radical (unpaired) electrons. The Morgan fingerprint density at radius 1 is 0.865 bits per heavy atom. The molecule has 1 aliphatic heterocycles. The monoisotopic (exact) mass is 529 g/mol. The van der Waals surface area contributed by atoms with Gasteiger partial charge in [0, 0.05) is 39.1 Å². The number of nitrogens with zero attached hydrogens (tertiary/aromatic N) is 3. The standard InChI is InChI=1S/C29H25Cl2N5O/c30-20-11-9-19(10-12-20)26-24-8-4-5-17-35-25(18-32-22-15-13-21(31)14-16-22)34-36(29(24)35)27(26)28(37)33-23-6-2-1-3-7-23/h1-3,6-7,9-16,32H,4-5,8,17-18H2,(H,33,37). The number of rotatable bonds is 6. The second kappa shape index (κ2) is 9.96. The molecule has 1 aliphatic rings. The number of hydrogen-bond donors (Lipinski definition) is 2. The van der Waals surface area contributed by atoms with Crippen LogP contribution in [0.2, 0.25) is 10.0 Å². The molecular formula is C29H25Cl2N5O. The lowest BCUT2D eigenvalue weighted by atomic mass is 9.98. The van der Waals surface area contributed by atoms with E-state index >= 15 is 0 Å². The number of aryl methyl sites for hydroxylation is 2. The number of hydrogen-bond acceptors (Lipinski definition) is 3. The first kappa shape index (κ1) is 23.6. The molecule has 3 heterocycles. The van der Waals surface area contributed by atoms with Gasteiger partial charge >= 0.3 is 0 Å². The fourth-order valence-electron chi connectivity index (χ4n) is 5.03. The lowest BCUT2D eigenvalue weighted by molar-refractivity contribution is 0.102. The topological polar surface area (TPSA) is 63.4 Å². The molecular weight excluding hydrogens is 505 g/mol. The summed E-state index contributed by atoms with van der Waals surface area (Å²) < 4.78 is 4.09. The summed E-state index contributed by atoms with van der Waals surface area (Å²) in [5.74, 6) is 0.685. The summed E-state index contributed by atoms with van der Waals surface area (Å²) >= 11 is 12.2. The maximum atomic E-state index is 13.8. The number of halogens is 2. The second-order valence-corrected chi connectivity index (χ2v) is 10.0. The van der Waals surface area contributed by atoms with Gasteiger partial charge in [-0.2, -0.15) is 5.10 Å². The van der Waals surface area contributed by atoms with Gasteiger partial charge in [-0.05, 0) is 73.4 Å². The molecule has 0 spiro atoms. The largest absolute Gasteiger partial charge is 0.378 e. The van der Waals surface area contributed by atoms with Crippen molar-refractivity contribution in [1.82, 2.24) is 14.2 Å². The minimum absolute atomic E-state index is 0.195. The molecule has 0 fully saturated rings. The highest BCUT2D eigenvalue weighted by Gasteiger charge is 2.30. The summed E-state index contributed by atoms with van der Waals surface area (Å²) in [4.78, 5) is 13.8. The first-order valence-electron chi connectivity index (χ1n) is 12.3. The Morgan fingerprint density at radius 2 is 1.57 bits per heavy atom. The quantitative estimate of drug-likeness (QED) is 0.242. The highest BCUT2D eigenvalue weighted by Crippen LogP contribution is 2.37. The molecule has 0 unspecified atom stereocenters. The number of carbonyl (C=O) groups excluding carboxylic acids is 1. The van der Waals surface area contributed by atoms with Gasteiger partial charge in [0.1, 0.15) is 11.3 Å². The van der Waals surface area contributed by atoms with Crippen molar-refractivity contribution >= 4 is 46.1 Å². The number of amides is 1. The minimum Gasteiger partial charge on any atom is -0.378 e. The van der Waals surface area contributed by atoms with E-state index in [1.165, 1.54) is 0 Å². The molecule has 37 heavy (non-hydrogen) atoms. The van der Waals surface area contributed by atoms with Crippen LogP contribution in [0.5, 0.6) is 0 Å². The minimum atomic E-state index is -0.195. The van der Waals surface area contributed by atoms with Crippen molar-refractivity contribution in [2.45, 2.75) is 32.4 Å². The van der Waals surface area contributed by atoms with Gasteiger partial charge in [0.2, 0.25) is 0 Å². The molecule has 6 nitrogen and oxygen atoms in total. The van der Waals surface area contributed by atoms with Crippen molar-refractivity contribution in [3.8, 4) is 11.1 Å². The molecule has 2 aromatic heterocycles. The predicted molar refractivity (Wildman–Crippen MR) is 150 cm³/mol. The number of nitrogens with one attached hydrogen (secondary N) is 2. The van der Waals surface area contributed by atoms with Crippen molar-refractivity contribution in [3.63, 3.8) is 0 Å². The molecule has 0 aliphatic carbocycles. The molecule has 3 aromatic carbocycles. The van der Waals surface area contributed by atoms with Crippen molar-refractivity contribution in [3.05, 3.63) is 106 Å². The van der Waals surface area contributed by atoms with E-state index in [4.69, 9.17) is 28.3 Å². The highest BCUT2D eigenvalue weighted by molar-refractivity contribution is 6.31. The Bertz CT molecular complexity index is 1570. The van der Waals surface area contributed by atoms with E-state index in [1.54, 1.807) is 0 Å². The second-order valence-electron chi connectivity index (χ2n) is 9.15. The van der Waals surface area contributed by atoms with E-state index < -0.39 is 0 Å². The first-order chi connectivity index (χ1) is 18.1. The maximum absolute atomic E-state index is 13.8. The fraction of sp³-hybridized carbons (Fsp3) is 0.172. The maximum Gasteiger partial charge on any atom is 0.275 e. The zero-order valence-corrected chi connectivity index (χ0v) is 21.6. The third-order valence-electron chi connectivity index (χ3n) is 6.74. The van der Waals surface area contributed by atoms with Crippen molar-refractivity contribution < 1.29 is 4.79 Å². The van der Waals surface area contributed by atoms with E-state index in [-0.39, 0.29) is 5.91 Å². The van der Waals surface area contributed by atoms with Crippen LogP contribution in [0.25, 0.3) is 16.8 Å². The van der Waals surface area contributed by atoms with Crippen LogP contribution in [0.15, 0.2) is 78.9 Å². The van der Waals surface area contributed by atoms with E-state index in [0.717, 1.165) is 65.3 Å². The fourth-order valence-corrected chi connectivity index (χ4v) is 5.28. The highest BCUT2D eigenvalue weighted by atomic mass is 35.5.